The fourth-order valence-electron chi connectivity index (χ4n) is 1.87. The minimum Gasteiger partial charge on any atom is -0.421 e. The van der Waals surface area contributed by atoms with Gasteiger partial charge in [-0.05, 0) is 58.7 Å². The Hall–Kier alpha value is -1.41. The predicted octanol–water partition coefficient (Wildman–Crippen LogP) is 3.88. The van der Waals surface area contributed by atoms with Crippen molar-refractivity contribution in [2.75, 3.05) is 14.1 Å². The molecule has 0 N–H and O–H groups in total. The van der Waals surface area contributed by atoms with Crippen LogP contribution in [0.2, 0.25) is 5.02 Å². The van der Waals surface area contributed by atoms with E-state index in [2.05, 4.69) is 15.9 Å². The molecule has 0 spiro atoms. The van der Waals surface area contributed by atoms with Crippen LogP contribution >= 0.6 is 27.5 Å². The van der Waals surface area contributed by atoms with Crippen molar-refractivity contribution in [1.29, 1.82) is 0 Å². The Labute approximate surface area is 154 Å². The highest BCUT2D eigenvalue weighted by Crippen LogP contribution is 2.28. The van der Waals surface area contributed by atoms with E-state index in [1.807, 2.05) is 6.92 Å². The van der Waals surface area contributed by atoms with Gasteiger partial charge in [-0.3, -0.25) is 0 Å². The highest BCUT2D eigenvalue weighted by atomic mass is 79.9. The summed E-state index contributed by atoms with van der Waals surface area (Å²) < 4.78 is 31.3. The number of sulfonamides is 1. The van der Waals surface area contributed by atoms with Crippen LogP contribution in [-0.2, 0) is 10.0 Å². The van der Waals surface area contributed by atoms with E-state index in [9.17, 15) is 13.2 Å². The lowest BCUT2D eigenvalue weighted by atomic mass is 10.2. The summed E-state index contributed by atoms with van der Waals surface area (Å²) >= 11 is 9.20. The van der Waals surface area contributed by atoms with E-state index in [1.54, 1.807) is 18.2 Å². The topological polar surface area (TPSA) is 63.7 Å². The Bertz CT molecular complexity index is 897. The number of aryl methyl sites for hydroxylation is 1. The number of nitrogens with zero attached hydrogens (tertiary/aromatic N) is 1. The maximum Gasteiger partial charge on any atom is 0.343 e. The Morgan fingerprint density at radius 3 is 2.46 bits per heavy atom. The summed E-state index contributed by atoms with van der Waals surface area (Å²) in [5.74, 6) is -0.466. The molecule has 0 aliphatic carbocycles. The van der Waals surface area contributed by atoms with Gasteiger partial charge in [0.25, 0.3) is 0 Å². The molecule has 24 heavy (non-hydrogen) atoms. The summed E-state index contributed by atoms with van der Waals surface area (Å²) in [5.41, 5.74) is 0.991. The van der Waals surface area contributed by atoms with Crippen LogP contribution in [0.4, 0.5) is 0 Å². The smallest absolute Gasteiger partial charge is 0.343 e. The van der Waals surface area contributed by atoms with Crippen molar-refractivity contribution in [3.05, 3.63) is 57.0 Å². The first-order valence-corrected chi connectivity index (χ1v) is 9.44. The maximum absolute atomic E-state index is 12.3. The highest BCUT2D eigenvalue weighted by molar-refractivity contribution is 9.10. The molecule has 128 valence electrons. The third kappa shape index (κ3) is 3.97. The monoisotopic (exact) mass is 431 g/mol. The van der Waals surface area contributed by atoms with Crippen LogP contribution in [0, 0.1) is 6.92 Å². The van der Waals surface area contributed by atoms with Crippen LogP contribution in [0.3, 0.4) is 0 Å². The molecule has 8 heteroatoms. The molecule has 0 amide bonds. The lowest BCUT2D eigenvalue weighted by Gasteiger charge is -2.14. The number of rotatable bonds is 4. The molecular formula is C16H15BrClNO4S. The van der Waals surface area contributed by atoms with Gasteiger partial charge in [-0.1, -0.05) is 17.7 Å². The van der Waals surface area contributed by atoms with Crippen LogP contribution in [-0.4, -0.2) is 32.8 Å². The molecule has 0 bridgehead atoms. The zero-order chi connectivity index (χ0) is 18.1. The van der Waals surface area contributed by atoms with E-state index >= 15 is 0 Å². The molecule has 0 aliphatic rings. The van der Waals surface area contributed by atoms with Gasteiger partial charge < -0.3 is 4.74 Å². The van der Waals surface area contributed by atoms with Gasteiger partial charge >= 0.3 is 5.97 Å². The molecule has 2 rings (SSSR count). The average molecular weight is 433 g/mol. The van der Waals surface area contributed by atoms with Gasteiger partial charge in [-0.15, -0.1) is 0 Å². The van der Waals surface area contributed by atoms with Crippen molar-refractivity contribution in [1.82, 2.24) is 4.31 Å². The number of hydrogen-bond donors (Lipinski definition) is 0. The number of esters is 1. The molecule has 0 saturated heterocycles. The minimum atomic E-state index is -3.70. The number of halogens is 2. The van der Waals surface area contributed by atoms with Crippen molar-refractivity contribution in [3.8, 4) is 5.75 Å². The summed E-state index contributed by atoms with van der Waals surface area (Å²) in [6, 6.07) is 9.29. The fourth-order valence-corrected chi connectivity index (χ4v) is 3.87. The van der Waals surface area contributed by atoms with Gasteiger partial charge in [0.15, 0.2) is 0 Å². The Balaban J connectivity index is 2.39. The third-order valence-electron chi connectivity index (χ3n) is 3.21. The number of carbonyl (C=O) groups is 1. The van der Waals surface area contributed by atoms with Crippen molar-refractivity contribution in [3.63, 3.8) is 0 Å². The number of ether oxygens (including phenoxy) is 1. The molecule has 0 radical (unpaired) electrons. The quantitative estimate of drug-likeness (QED) is 0.543. The van der Waals surface area contributed by atoms with Crippen LogP contribution in [0.5, 0.6) is 5.75 Å². The molecule has 5 nitrogen and oxygen atoms in total. The second-order valence-electron chi connectivity index (χ2n) is 5.26. The Kier molecular flexibility index (Phi) is 5.70. The molecule has 0 fully saturated rings. The standard InChI is InChI=1S/C16H15BrClNO4S/c1-10-4-7-13(18)14(8-10)23-16(20)11-5-6-12(17)15(9-11)24(21,22)19(2)3/h4-9H,1-3H3. The van der Waals surface area contributed by atoms with E-state index in [4.69, 9.17) is 16.3 Å². The van der Waals surface area contributed by atoms with Crippen LogP contribution in [0.25, 0.3) is 0 Å². The molecule has 2 aromatic carbocycles. The molecule has 0 aliphatic heterocycles. The van der Waals surface area contributed by atoms with Gasteiger partial charge in [0.05, 0.1) is 15.5 Å². The molecule has 0 aromatic heterocycles. The number of carbonyl (C=O) groups excluding carboxylic acids is 1. The zero-order valence-electron chi connectivity index (χ0n) is 13.2. The van der Waals surface area contributed by atoms with E-state index in [-0.39, 0.29) is 16.2 Å². The largest absolute Gasteiger partial charge is 0.421 e. The molecule has 2 aromatic rings. The van der Waals surface area contributed by atoms with E-state index in [0.717, 1.165) is 9.87 Å². The molecule has 0 saturated carbocycles. The van der Waals surface area contributed by atoms with Crippen LogP contribution in [0.15, 0.2) is 45.8 Å². The van der Waals surface area contributed by atoms with Gasteiger partial charge in [0.2, 0.25) is 10.0 Å². The SMILES string of the molecule is Cc1ccc(Cl)c(OC(=O)c2ccc(Br)c(S(=O)(=O)N(C)C)c2)c1. The second kappa shape index (κ2) is 7.23. The Morgan fingerprint density at radius 2 is 1.83 bits per heavy atom. The maximum atomic E-state index is 12.3. The molecular weight excluding hydrogens is 418 g/mol. The third-order valence-corrected chi connectivity index (χ3v) is 6.34. The molecule has 0 unspecified atom stereocenters. The number of hydrogen-bond acceptors (Lipinski definition) is 4. The normalized spacial score (nSPS) is 11.6. The van der Waals surface area contributed by atoms with Gasteiger partial charge in [0.1, 0.15) is 5.75 Å². The Morgan fingerprint density at radius 1 is 1.17 bits per heavy atom. The van der Waals surface area contributed by atoms with Crippen molar-refractivity contribution >= 4 is 43.5 Å². The minimum absolute atomic E-state index is 0.0164. The molecule has 0 atom stereocenters. The highest BCUT2D eigenvalue weighted by Gasteiger charge is 2.23. The molecule has 0 heterocycles. The van der Waals surface area contributed by atoms with Gasteiger partial charge in [-0.2, -0.15) is 0 Å². The summed E-state index contributed by atoms with van der Waals surface area (Å²) in [6.07, 6.45) is 0. The van der Waals surface area contributed by atoms with E-state index in [0.29, 0.717) is 9.50 Å². The first-order valence-electron chi connectivity index (χ1n) is 6.83. The van der Waals surface area contributed by atoms with Crippen molar-refractivity contribution < 1.29 is 17.9 Å². The second-order valence-corrected chi connectivity index (χ2v) is 8.64. The average Bonchev–Trinajstić information content (AvgIpc) is 2.50. The predicted molar refractivity (Wildman–Crippen MR) is 96.2 cm³/mol. The van der Waals surface area contributed by atoms with E-state index < -0.39 is 16.0 Å². The summed E-state index contributed by atoms with van der Waals surface area (Å²) in [4.78, 5) is 12.3. The summed E-state index contributed by atoms with van der Waals surface area (Å²) in [6.45, 7) is 1.84. The fraction of sp³-hybridized carbons (Fsp3) is 0.188. The van der Waals surface area contributed by atoms with Gasteiger partial charge in [-0.25, -0.2) is 17.5 Å². The summed E-state index contributed by atoms with van der Waals surface area (Å²) in [7, 11) is -0.867. The zero-order valence-corrected chi connectivity index (χ0v) is 16.4. The lowest BCUT2D eigenvalue weighted by Crippen LogP contribution is -2.23. The van der Waals surface area contributed by atoms with Gasteiger partial charge in [0, 0.05) is 18.6 Å². The van der Waals surface area contributed by atoms with Crippen LogP contribution < -0.4 is 4.74 Å². The van der Waals surface area contributed by atoms with E-state index in [1.165, 1.54) is 32.3 Å². The van der Waals surface area contributed by atoms with Crippen molar-refractivity contribution in [2.45, 2.75) is 11.8 Å². The first kappa shape index (κ1) is 18.9. The lowest BCUT2D eigenvalue weighted by molar-refractivity contribution is 0.0734. The first-order chi connectivity index (χ1) is 11.1. The van der Waals surface area contributed by atoms with Crippen LogP contribution in [0.1, 0.15) is 15.9 Å². The number of benzene rings is 2. The summed E-state index contributed by atoms with van der Waals surface area (Å²) in [5, 5.41) is 0.298. The van der Waals surface area contributed by atoms with Crippen molar-refractivity contribution in [2.24, 2.45) is 0 Å².